The van der Waals surface area contributed by atoms with Gasteiger partial charge in [0.1, 0.15) is 5.76 Å². The topological polar surface area (TPSA) is 28.4 Å². The van der Waals surface area contributed by atoms with E-state index >= 15 is 0 Å². The van der Waals surface area contributed by atoms with Gasteiger partial charge in [-0.15, -0.1) is 0 Å². The Bertz CT molecular complexity index is 564. The summed E-state index contributed by atoms with van der Waals surface area (Å²) < 4.78 is 6.65. The van der Waals surface area contributed by atoms with E-state index < -0.39 is 0 Å². The van der Waals surface area contributed by atoms with E-state index in [9.17, 15) is 0 Å². The Morgan fingerprint density at radius 3 is 2.80 bits per heavy atom. The quantitative estimate of drug-likeness (QED) is 0.867. The van der Waals surface area contributed by atoms with Gasteiger partial charge < -0.3 is 14.6 Å². The molecule has 1 saturated carbocycles. The Morgan fingerprint density at radius 2 is 2.20 bits per heavy atom. The zero-order chi connectivity index (χ0) is 13.9. The molecule has 0 saturated heterocycles. The first-order chi connectivity index (χ1) is 9.78. The molecule has 1 heterocycles. The van der Waals surface area contributed by atoms with Crippen molar-refractivity contribution in [3.63, 3.8) is 0 Å². The average molecular weight is 335 g/mol. The standard InChI is InChI=1S/C16H19BrN2O/c1-18-10-12-4-7-16(15(17)9-12)19(13-5-6-13)11-14-3-2-8-20-14/h2-4,7-9,13,18H,5-6,10-11H2,1H3. The summed E-state index contributed by atoms with van der Waals surface area (Å²) in [5.74, 6) is 1.02. The van der Waals surface area contributed by atoms with Crippen LogP contribution in [0, 0.1) is 0 Å². The molecule has 1 aliphatic carbocycles. The third-order valence-electron chi connectivity index (χ3n) is 3.60. The van der Waals surface area contributed by atoms with Gasteiger partial charge in [-0.1, -0.05) is 6.07 Å². The van der Waals surface area contributed by atoms with Crippen LogP contribution in [0.3, 0.4) is 0 Å². The Hall–Kier alpha value is -1.26. The highest BCUT2D eigenvalue weighted by Gasteiger charge is 2.30. The maximum atomic E-state index is 5.50. The molecule has 3 nitrogen and oxygen atoms in total. The van der Waals surface area contributed by atoms with Crippen LogP contribution in [-0.2, 0) is 13.1 Å². The lowest BCUT2D eigenvalue weighted by Crippen LogP contribution is -2.25. The van der Waals surface area contributed by atoms with Crippen LogP contribution in [0.1, 0.15) is 24.2 Å². The number of nitrogens with zero attached hydrogens (tertiary/aromatic N) is 1. The second kappa shape index (κ2) is 6.02. The number of furan rings is 1. The smallest absolute Gasteiger partial charge is 0.123 e. The Balaban J connectivity index is 1.83. The predicted molar refractivity (Wildman–Crippen MR) is 84.8 cm³/mol. The van der Waals surface area contributed by atoms with E-state index in [1.54, 1.807) is 6.26 Å². The van der Waals surface area contributed by atoms with Crippen LogP contribution in [0.25, 0.3) is 0 Å². The molecule has 4 heteroatoms. The fourth-order valence-electron chi connectivity index (χ4n) is 2.47. The predicted octanol–water partition coefficient (Wildman–Crippen LogP) is 3.93. The van der Waals surface area contributed by atoms with Crippen molar-refractivity contribution in [3.05, 3.63) is 52.4 Å². The van der Waals surface area contributed by atoms with Crippen molar-refractivity contribution in [2.75, 3.05) is 11.9 Å². The minimum Gasteiger partial charge on any atom is -0.467 e. The number of rotatable bonds is 6. The van der Waals surface area contributed by atoms with Gasteiger partial charge in [0.15, 0.2) is 0 Å². The summed E-state index contributed by atoms with van der Waals surface area (Å²) >= 11 is 3.72. The molecule has 0 aliphatic heterocycles. The summed E-state index contributed by atoms with van der Waals surface area (Å²) in [6.45, 7) is 1.72. The minimum absolute atomic E-state index is 0.645. The van der Waals surface area contributed by atoms with Crippen molar-refractivity contribution in [2.45, 2.75) is 32.0 Å². The summed E-state index contributed by atoms with van der Waals surface area (Å²) in [4.78, 5) is 2.44. The molecule has 1 aromatic heterocycles. The first-order valence-electron chi connectivity index (χ1n) is 7.00. The van der Waals surface area contributed by atoms with Crippen LogP contribution in [0.5, 0.6) is 0 Å². The number of halogens is 1. The van der Waals surface area contributed by atoms with Gasteiger partial charge in [0.2, 0.25) is 0 Å². The van der Waals surface area contributed by atoms with E-state index in [1.807, 2.05) is 19.2 Å². The maximum absolute atomic E-state index is 5.50. The molecule has 0 amide bonds. The van der Waals surface area contributed by atoms with Crippen molar-refractivity contribution < 1.29 is 4.42 Å². The fourth-order valence-corrected chi connectivity index (χ4v) is 3.12. The molecule has 1 fully saturated rings. The van der Waals surface area contributed by atoms with Crippen molar-refractivity contribution in [3.8, 4) is 0 Å². The molecule has 0 spiro atoms. The highest BCUT2D eigenvalue weighted by atomic mass is 79.9. The second-order valence-electron chi connectivity index (χ2n) is 5.25. The lowest BCUT2D eigenvalue weighted by Gasteiger charge is -2.25. The third kappa shape index (κ3) is 3.07. The SMILES string of the molecule is CNCc1ccc(N(Cc2ccco2)C2CC2)c(Br)c1. The molecule has 20 heavy (non-hydrogen) atoms. The van der Waals surface area contributed by atoms with Gasteiger partial charge in [-0.3, -0.25) is 0 Å². The first kappa shape index (κ1) is 13.7. The van der Waals surface area contributed by atoms with E-state index in [2.05, 4.69) is 44.3 Å². The van der Waals surface area contributed by atoms with Gasteiger partial charge in [-0.25, -0.2) is 0 Å². The van der Waals surface area contributed by atoms with E-state index in [0.29, 0.717) is 6.04 Å². The maximum Gasteiger partial charge on any atom is 0.123 e. The van der Waals surface area contributed by atoms with Crippen molar-refractivity contribution in [1.82, 2.24) is 5.32 Å². The summed E-state index contributed by atoms with van der Waals surface area (Å²) in [7, 11) is 1.97. The lowest BCUT2D eigenvalue weighted by molar-refractivity contribution is 0.501. The third-order valence-corrected chi connectivity index (χ3v) is 4.23. The van der Waals surface area contributed by atoms with Gasteiger partial charge in [-0.2, -0.15) is 0 Å². The minimum atomic E-state index is 0.645. The van der Waals surface area contributed by atoms with Gasteiger partial charge in [0.25, 0.3) is 0 Å². The molecule has 1 aromatic carbocycles. The normalized spacial score (nSPS) is 14.5. The lowest BCUT2D eigenvalue weighted by atomic mass is 10.2. The fraction of sp³-hybridized carbons (Fsp3) is 0.375. The van der Waals surface area contributed by atoms with Crippen LogP contribution in [-0.4, -0.2) is 13.1 Å². The van der Waals surface area contributed by atoms with Crippen molar-refractivity contribution >= 4 is 21.6 Å². The number of nitrogens with one attached hydrogen (secondary N) is 1. The highest BCUT2D eigenvalue weighted by molar-refractivity contribution is 9.10. The summed E-state index contributed by atoms with van der Waals surface area (Å²) in [5, 5.41) is 3.18. The monoisotopic (exact) mass is 334 g/mol. The molecule has 0 bridgehead atoms. The molecule has 1 N–H and O–H groups in total. The highest BCUT2D eigenvalue weighted by Crippen LogP contribution is 2.37. The van der Waals surface area contributed by atoms with Gasteiger partial charge in [-0.05, 0) is 65.6 Å². The van der Waals surface area contributed by atoms with Gasteiger partial charge in [0.05, 0.1) is 18.5 Å². The summed E-state index contributed by atoms with van der Waals surface area (Å²) in [6.07, 6.45) is 4.28. The summed E-state index contributed by atoms with van der Waals surface area (Å²) in [5.41, 5.74) is 2.54. The molecule has 106 valence electrons. The molecule has 0 unspecified atom stereocenters. The molecule has 0 atom stereocenters. The Labute approximate surface area is 128 Å². The van der Waals surface area contributed by atoms with Crippen LogP contribution >= 0.6 is 15.9 Å². The summed E-state index contributed by atoms with van der Waals surface area (Å²) in [6, 6.07) is 11.2. The second-order valence-corrected chi connectivity index (χ2v) is 6.11. The molecule has 2 aromatic rings. The number of anilines is 1. The first-order valence-corrected chi connectivity index (χ1v) is 7.79. The number of benzene rings is 1. The van der Waals surface area contributed by atoms with E-state index in [-0.39, 0.29) is 0 Å². The van der Waals surface area contributed by atoms with E-state index in [4.69, 9.17) is 4.42 Å². The number of hydrogen-bond acceptors (Lipinski definition) is 3. The van der Waals surface area contributed by atoms with Crippen LogP contribution < -0.4 is 10.2 Å². The van der Waals surface area contributed by atoms with E-state index in [0.717, 1.165) is 23.3 Å². The van der Waals surface area contributed by atoms with Crippen molar-refractivity contribution in [1.29, 1.82) is 0 Å². The number of hydrogen-bond donors (Lipinski definition) is 1. The van der Waals surface area contributed by atoms with Gasteiger partial charge >= 0.3 is 0 Å². The van der Waals surface area contributed by atoms with Crippen LogP contribution in [0.4, 0.5) is 5.69 Å². The Kier molecular flexibility index (Phi) is 4.13. The van der Waals surface area contributed by atoms with E-state index in [1.165, 1.54) is 24.1 Å². The molecular weight excluding hydrogens is 316 g/mol. The molecular formula is C16H19BrN2O. The largest absolute Gasteiger partial charge is 0.467 e. The molecule has 3 rings (SSSR count). The zero-order valence-electron chi connectivity index (χ0n) is 11.6. The van der Waals surface area contributed by atoms with Gasteiger partial charge in [0, 0.05) is 17.1 Å². The van der Waals surface area contributed by atoms with Crippen LogP contribution in [0.2, 0.25) is 0 Å². The van der Waals surface area contributed by atoms with Crippen LogP contribution in [0.15, 0.2) is 45.5 Å². The molecule has 1 aliphatic rings. The Morgan fingerprint density at radius 1 is 1.35 bits per heavy atom. The zero-order valence-corrected chi connectivity index (χ0v) is 13.2. The average Bonchev–Trinajstić information content (AvgIpc) is 3.15. The van der Waals surface area contributed by atoms with Crippen molar-refractivity contribution in [2.24, 2.45) is 0 Å². The molecule has 0 radical (unpaired) electrons.